The minimum absolute atomic E-state index is 0.0477. The van der Waals surface area contributed by atoms with Crippen LogP contribution in [0.25, 0.3) is 0 Å². The summed E-state index contributed by atoms with van der Waals surface area (Å²) < 4.78 is 0. The highest BCUT2D eigenvalue weighted by Crippen LogP contribution is 2.27. The number of nitrogens with one attached hydrogen (secondary N) is 1. The molecule has 2 rings (SSSR count). The lowest BCUT2D eigenvalue weighted by Gasteiger charge is -2.37. The fourth-order valence-corrected chi connectivity index (χ4v) is 2.72. The van der Waals surface area contributed by atoms with Crippen LogP contribution in [0.1, 0.15) is 26.0 Å². The lowest BCUT2D eigenvalue weighted by molar-refractivity contribution is 0.356. The predicted octanol–water partition coefficient (Wildman–Crippen LogP) is 1.85. The number of nitrogen functional groups attached to an aromatic ring is 1. The smallest absolute Gasteiger partial charge is 0.143 e. The minimum Gasteiger partial charge on any atom is -0.382 e. The van der Waals surface area contributed by atoms with Gasteiger partial charge in [-0.2, -0.15) is 0 Å². The summed E-state index contributed by atoms with van der Waals surface area (Å²) in [6, 6.07) is 3.92. The molecule has 2 unspecified atom stereocenters. The Bertz CT molecular complexity index is 406. The van der Waals surface area contributed by atoms with Crippen LogP contribution in [0, 0.1) is 17.2 Å². The maximum absolute atomic E-state index is 7.58. The van der Waals surface area contributed by atoms with Crippen molar-refractivity contribution in [1.82, 2.24) is 4.98 Å². The fourth-order valence-electron chi connectivity index (χ4n) is 2.72. The van der Waals surface area contributed by atoms with Gasteiger partial charge in [0.05, 0.1) is 5.69 Å². The molecule has 4 heteroatoms. The van der Waals surface area contributed by atoms with Crippen molar-refractivity contribution in [3.8, 4) is 0 Å². The molecule has 1 aromatic rings. The molecule has 2 atom stereocenters. The molecule has 0 aliphatic carbocycles. The van der Waals surface area contributed by atoms with E-state index in [9.17, 15) is 0 Å². The highest BCUT2D eigenvalue weighted by molar-refractivity contribution is 5.98. The average Bonchev–Trinajstić information content (AvgIpc) is 2.27. The Kier molecular flexibility index (Phi) is 3.31. The summed E-state index contributed by atoms with van der Waals surface area (Å²) in [4.78, 5) is 6.52. The van der Waals surface area contributed by atoms with E-state index in [1.54, 1.807) is 6.20 Å². The van der Waals surface area contributed by atoms with Crippen molar-refractivity contribution in [2.45, 2.75) is 20.3 Å². The lowest BCUT2D eigenvalue weighted by atomic mass is 9.91. The maximum Gasteiger partial charge on any atom is 0.143 e. The van der Waals surface area contributed by atoms with E-state index in [0.29, 0.717) is 17.5 Å². The molecule has 0 bridgehead atoms. The first-order chi connectivity index (χ1) is 8.08. The molecule has 0 saturated carbocycles. The molecule has 17 heavy (non-hydrogen) atoms. The molecule has 2 heterocycles. The molecule has 0 amide bonds. The largest absolute Gasteiger partial charge is 0.382 e. The second-order valence-corrected chi connectivity index (χ2v) is 5.14. The van der Waals surface area contributed by atoms with E-state index in [2.05, 4.69) is 23.7 Å². The molecule has 3 N–H and O–H groups in total. The summed E-state index contributed by atoms with van der Waals surface area (Å²) in [7, 11) is 0. The van der Waals surface area contributed by atoms with Gasteiger partial charge in [-0.3, -0.25) is 10.4 Å². The Morgan fingerprint density at radius 2 is 2.06 bits per heavy atom. The van der Waals surface area contributed by atoms with Crippen LogP contribution in [0.15, 0.2) is 18.3 Å². The zero-order chi connectivity index (χ0) is 12.4. The highest BCUT2D eigenvalue weighted by Gasteiger charge is 2.24. The van der Waals surface area contributed by atoms with Gasteiger partial charge in [-0.15, -0.1) is 0 Å². The van der Waals surface area contributed by atoms with Crippen molar-refractivity contribution in [1.29, 1.82) is 5.41 Å². The Labute approximate surface area is 102 Å². The van der Waals surface area contributed by atoms with Gasteiger partial charge in [0.15, 0.2) is 0 Å². The summed E-state index contributed by atoms with van der Waals surface area (Å²) in [5.74, 6) is 1.41. The number of hydrogen-bond donors (Lipinski definition) is 2. The van der Waals surface area contributed by atoms with Gasteiger partial charge in [-0.05, 0) is 30.4 Å². The second-order valence-electron chi connectivity index (χ2n) is 5.14. The van der Waals surface area contributed by atoms with Crippen molar-refractivity contribution >= 4 is 11.5 Å². The van der Waals surface area contributed by atoms with E-state index in [0.717, 1.165) is 18.8 Å². The van der Waals surface area contributed by atoms with Crippen molar-refractivity contribution in [2.24, 2.45) is 17.6 Å². The number of nitrogens with two attached hydrogens (primary N) is 1. The minimum atomic E-state index is 0.0477. The van der Waals surface area contributed by atoms with Gasteiger partial charge in [-0.25, -0.2) is 0 Å². The Balaban J connectivity index is 2.30. The van der Waals surface area contributed by atoms with Crippen molar-refractivity contribution in [3.05, 3.63) is 24.0 Å². The van der Waals surface area contributed by atoms with Gasteiger partial charge < -0.3 is 10.6 Å². The summed E-state index contributed by atoms with van der Waals surface area (Å²) in [6.45, 7) is 6.59. The summed E-state index contributed by atoms with van der Waals surface area (Å²) in [6.07, 6.45) is 2.96. The normalized spacial score (nSPS) is 24.7. The quantitative estimate of drug-likeness (QED) is 0.604. The van der Waals surface area contributed by atoms with E-state index in [-0.39, 0.29) is 5.84 Å². The van der Waals surface area contributed by atoms with Gasteiger partial charge in [0.1, 0.15) is 11.5 Å². The number of aromatic nitrogens is 1. The first kappa shape index (κ1) is 11.9. The lowest BCUT2D eigenvalue weighted by Crippen LogP contribution is -2.40. The van der Waals surface area contributed by atoms with Crippen molar-refractivity contribution < 1.29 is 0 Å². The zero-order valence-electron chi connectivity index (χ0n) is 10.5. The van der Waals surface area contributed by atoms with Crippen LogP contribution >= 0.6 is 0 Å². The maximum atomic E-state index is 7.58. The first-order valence-electron chi connectivity index (χ1n) is 6.12. The Hall–Kier alpha value is -1.58. The molecular weight excluding hydrogens is 212 g/mol. The standard InChI is InChI=1S/C13H20N4/c1-9-6-10(2)8-17(7-9)11-4-3-5-16-12(11)13(14)15/h3-5,9-10H,6-8H2,1-2H3,(H3,14,15). The van der Waals surface area contributed by atoms with E-state index < -0.39 is 0 Å². The number of nitrogens with zero attached hydrogens (tertiary/aromatic N) is 2. The van der Waals surface area contributed by atoms with Crippen LogP contribution in [0.5, 0.6) is 0 Å². The van der Waals surface area contributed by atoms with Gasteiger partial charge in [0.2, 0.25) is 0 Å². The third-order valence-corrected chi connectivity index (χ3v) is 3.25. The molecule has 92 valence electrons. The van der Waals surface area contributed by atoms with Crippen LogP contribution in [-0.2, 0) is 0 Å². The topological polar surface area (TPSA) is 66.0 Å². The SMILES string of the molecule is CC1CC(C)CN(c2cccnc2C(=N)N)C1. The average molecular weight is 232 g/mol. The van der Waals surface area contributed by atoms with Gasteiger partial charge in [0, 0.05) is 19.3 Å². The predicted molar refractivity (Wildman–Crippen MR) is 70.4 cm³/mol. The highest BCUT2D eigenvalue weighted by atomic mass is 15.2. The number of amidine groups is 1. The van der Waals surface area contributed by atoms with Gasteiger partial charge in [-0.1, -0.05) is 13.8 Å². The van der Waals surface area contributed by atoms with E-state index in [4.69, 9.17) is 11.1 Å². The van der Waals surface area contributed by atoms with E-state index >= 15 is 0 Å². The molecule has 4 nitrogen and oxygen atoms in total. The number of anilines is 1. The van der Waals surface area contributed by atoms with Crippen LogP contribution in [-0.4, -0.2) is 23.9 Å². The molecule has 1 aromatic heterocycles. The fraction of sp³-hybridized carbons (Fsp3) is 0.538. The number of hydrogen-bond acceptors (Lipinski definition) is 3. The summed E-state index contributed by atoms with van der Waals surface area (Å²) in [5.41, 5.74) is 7.19. The molecule has 1 fully saturated rings. The van der Waals surface area contributed by atoms with Crippen molar-refractivity contribution in [3.63, 3.8) is 0 Å². The molecule has 1 saturated heterocycles. The molecule has 1 aliphatic heterocycles. The Morgan fingerprint density at radius 1 is 1.41 bits per heavy atom. The monoisotopic (exact) mass is 232 g/mol. The van der Waals surface area contributed by atoms with Crippen LogP contribution in [0.3, 0.4) is 0 Å². The number of pyridine rings is 1. The first-order valence-corrected chi connectivity index (χ1v) is 6.12. The molecule has 0 radical (unpaired) electrons. The number of piperidine rings is 1. The second kappa shape index (κ2) is 4.73. The number of rotatable bonds is 2. The molecule has 0 spiro atoms. The van der Waals surface area contributed by atoms with Gasteiger partial charge in [0.25, 0.3) is 0 Å². The Morgan fingerprint density at radius 3 is 2.65 bits per heavy atom. The van der Waals surface area contributed by atoms with E-state index in [1.807, 2.05) is 12.1 Å². The molecular formula is C13H20N4. The zero-order valence-corrected chi connectivity index (χ0v) is 10.5. The van der Waals surface area contributed by atoms with Crippen LogP contribution in [0.4, 0.5) is 5.69 Å². The third-order valence-electron chi connectivity index (χ3n) is 3.25. The van der Waals surface area contributed by atoms with Crippen LogP contribution < -0.4 is 10.6 Å². The summed E-state index contributed by atoms with van der Waals surface area (Å²) >= 11 is 0. The molecule has 1 aliphatic rings. The van der Waals surface area contributed by atoms with E-state index in [1.165, 1.54) is 6.42 Å². The van der Waals surface area contributed by atoms with Gasteiger partial charge >= 0.3 is 0 Å². The van der Waals surface area contributed by atoms with Crippen LogP contribution in [0.2, 0.25) is 0 Å². The third kappa shape index (κ3) is 2.57. The summed E-state index contributed by atoms with van der Waals surface area (Å²) in [5, 5.41) is 7.58. The molecule has 0 aromatic carbocycles. The van der Waals surface area contributed by atoms with Crippen molar-refractivity contribution in [2.75, 3.05) is 18.0 Å².